The molecule has 0 radical (unpaired) electrons. The van der Waals surface area contributed by atoms with Crippen LogP contribution in [0.3, 0.4) is 0 Å². The highest BCUT2D eigenvalue weighted by atomic mass is 32.2. The third kappa shape index (κ3) is 8.69. The zero-order chi connectivity index (χ0) is 36.0. The molecule has 3 aliphatic rings. The zero-order valence-electron chi connectivity index (χ0n) is 29.7. The summed E-state index contributed by atoms with van der Waals surface area (Å²) in [5.41, 5.74) is 1.05. The van der Waals surface area contributed by atoms with Gasteiger partial charge in [-0.2, -0.15) is 0 Å². The molecule has 5 rings (SSSR count). The van der Waals surface area contributed by atoms with E-state index in [1.54, 1.807) is 30.6 Å². The highest BCUT2D eigenvalue weighted by molar-refractivity contribution is 7.99. The SMILES string of the molecule is CN[C@@H](C)C(=O)N[C@H]1CCSC2CC(C)(C)[C@@H](C(=O)N[C@@H](C(=O)NC3CCC(NC(=O)[C@@H](C)c4ccccc4)CC3)c3ccccc3)N2C1=O. The van der Waals surface area contributed by atoms with Crippen molar-refractivity contribution in [2.45, 2.75) is 114 Å². The molecule has 0 aromatic heterocycles. The Labute approximate surface area is 299 Å². The molecule has 12 heteroatoms. The number of carbonyl (C=O) groups is 5. The smallest absolute Gasteiger partial charge is 0.247 e. The Balaban J connectivity index is 1.25. The molecule has 2 aliphatic heterocycles. The summed E-state index contributed by atoms with van der Waals surface area (Å²) in [6.45, 7) is 7.59. The fraction of sp³-hybridized carbons (Fsp3) is 0.553. The molecule has 2 heterocycles. The van der Waals surface area contributed by atoms with Crippen LogP contribution in [0.5, 0.6) is 0 Å². The molecule has 11 nitrogen and oxygen atoms in total. The minimum atomic E-state index is -0.968. The van der Waals surface area contributed by atoms with E-state index in [2.05, 4.69) is 26.6 Å². The van der Waals surface area contributed by atoms with E-state index in [0.717, 1.165) is 18.4 Å². The van der Waals surface area contributed by atoms with Gasteiger partial charge in [-0.1, -0.05) is 74.5 Å². The van der Waals surface area contributed by atoms with Crippen LogP contribution >= 0.6 is 11.8 Å². The molecule has 1 unspecified atom stereocenters. The number of amides is 5. The van der Waals surface area contributed by atoms with E-state index in [-0.39, 0.29) is 47.0 Å². The van der Waals surface area contributed by atoms with Gasteiger partial charge in [-0.15, -0.1) is 11.8 Å². The van der Waals surface area contributed by atoms with Crippen molar-refractivity contribution in [1.29, 1.82) is 0 Å². The van der Waals surface area contributed by atoms with Gasteiger partial charge in [-0.3, -0.25) is 24.0 Å². The number of thioether (sulfide) groups is 1. The van der Waals surface area contributed by atoms with Crippen molar-refractivity contribution in [3.63, 3.8) is 0 Å². The molecular formula is C38H52N6O5S. The maximum absolute atomic E-state index is 14.3. The second-order valence-corrected chi connectivity index (χ2v) is 15.9. The van der Waals surface area contributed by atoms with Crippen molar-refractivity contribution in [1.82, 2.24) is 31.5 Å². The van der Waals surface area contributed by atoms with E-state index in [9.17, 15) is 24.0 Å². The average Bonchev–Trinajstić information content (AvgIpc) is 3.31. The molecule has 5 amide bonds. The highest BCUT2D eigenvalue weighted by Crippen LogP contribution is 2.46. The third-order valence-corrected chi connectivity index (χ3v) is 11.7. The summed E-state index contributed by atoms with van der Waals surface area (Å²) >= 11 is 1.63. The van der Waals surface area contributed by atoms with Gasteiger partial charge in [-0.25, -0.2) is 0 Å². The summed E-state index contributed by atoms with van der Waals surface area (Å²) in [5, 5.41) is 15.0. The summed E-state index contributed by atoms with van der Waals surface area (Å²) in [6.07, 6.45) is 3.95. The van der Waals surface area contributed by atoms with Gasteiger partial charge in [0, 0.05) is 12.1 Å². The lowest BCUT2D eigenvalue weighted by molar-refractivity contribution is -0.144. The van der Waals surface area contributed by atoms with Gasteiger partial charge in [0.25, 0.3) is 0 Å². The lowest BCUT2D eigenvalue weighted by atomic mass is 9.83. The van der Waals surface area contributed by atoms with Crippen molar-refractivity contribution in [3.8, 4) is 0 Å². The number of benzene rings is 2. The first-order valence-electron chi connectivity index (χ1n) is 17.8. The Morgan fingerprint density at radius 2 is 1.34 bits per heavy atom. The van der Waals surface area contributed by atoms with E-state index < -0.39 is 35.5 Å². The average molecular weight is 705 g/mol. The predicted octanol–water partition coefficient (Wildman–Crippen LogP) is 3.37. The Kier molecular flexibility index (Phi) is 12.3. The van der Waals surface area contributed by atoms with Gasteiger partial charge in [-0.05, 0) is 81.7 Å². The number of rotatable bonds is 11. The number of hydrogen-bond donors (Lipinski definition) is 5. The predicted molar refractivity (Wildman–Crippen MR) is 195 cm³/mol. The molecule has 1 saturated carbocycles. The van der Waals surface area contributed by atoms with Crippen molar-refractivity contribution < 1.29 is 24.0 Å². The molecule has 270 valence electrons. The Morgan fingerprint density at radius 3 is 1.92 bits per heavy atom. The van der Waals surface area contributed by atoms with E-state index in [1.165, 1.54) is 0 Å². The van der Waals surface area contributed by atoms with Crippen LogP contribution in [0, 0.1) is 5.41 Å². The van der Waals surface area contributed by atoms with Gasteiger partial charge in [0.15, 0.2) is 0 Å². The van der Waals surface area contributed by atoms with Gasteiger partial charge < -0.3 is 31.5 Å². The van der Waals surface area contributed by atoms with Gasteiger partial charge >= 0.3 is 0 Å². The Morgan fingerprint density at radius 1 is 0.780 bits per heavy atom. The third-order valence-electron chi connectivity index (χ3n) is 10.5. The quantitative estimate of drug-likeness (QED) is 0.241. The fourth-order valence-electron chi connectivity index (χ4n) is 7.33. The van der Waals surface area contributed by atoms with Gasteiger partial charge in [0.05, 0.1) is 17.3 Å². The van der Waals surface area contributed by atoms with Crippen molar-refractivity contribution in [3.05, 3.63) is 71.8 Å². The van der Waals surface area contributed by atoms with E-state index in [1.807, 2.05) is 81.4 Å². The topological polar surface area (TPSA) is 149 Å². The number of carbonyl (C=O) groups excluding carboxylic acids is 5. The maximum atomic E-state index is 14.3. The lowest BCUT2D eigenvalue weighted by Gasteiger charge is -2.35. The summed E-state index contributed by atoms with van der Waals surface area (Å²) in [7, 11) is 1.69. The number of fused-ring (bicyclic) bond motifs is 1. The number of likely N-dealkylation sites (N-methyl/N-ethyl adjacent to an activating group) is 1. The van der Waals surface area contributed by atoms with Gasteiger partial charge in [0.1, 0.15) is 18.1 Å². The number of nitrogens with zero attached hydrogens (tertiary/aromatic N) is 1. The summed E-state index contributed by atoms with van der Waals surface area (Å²) < 4.78 is 0. The first kappa shape index (κ1) is 37.4. The van der Waals surface area contributed by atoms with Crippen LogP contribution in [0.1, 0.15) is 89.3 Å². The van der Waals surface area contributed by atoms with Crippen molar-refractivity contribution in [2.24, 2.45) is 5.41 Å². The minimum Gasteiger partial charge on any atom is -0.353 e. The molecular weight excluding hydrogens is 653 g/mol. The molecule has 2 saturated heterocycles. The van der Waals surface area contributed by atoms with Gasteiger partial charge in [0.2, 0.25) is 29.5 Å². The van der Waals surface area contributed by atoms with Crippen LogP contribution in [0.15, 0.2) is 60.7 Å². The molecule has 5 N–H and O–H groups in total. The normalized spacial score (nSPS) is 26.4. The maximum Gasteiger partial charge on any atom is 0.247 e. The molecule has 2 aromatic carbocycles. The molecule has 1 aliphatic carbocycles. The monoisotopic (exact) mass is 704 g/mol. The van der Waals surface area contributed by atoms with Crippen molar-refractivity contribution in [2.75, 3.05) is 12.8 Å². The summed E-state index contributed by atoms with van der Waals surface area (Å²) in [5.74, 6) is -0.842. The Hall–Kier alpha value is -3.90. The standard InChI is InChI=1S/C38H52N6O5S/c1-23(25-12-8-6-9-13-25)33(45)40-27-16-18-28(19-17-27)41-35(47)31(26-14-10-7-11-15-26)43-36(48)32-38(3,4)22-30-44(32)37(49)29(20-21-50-30)42-34(46)24(2)39-5/h6-15,23-24,27-32,39H,16-22H2,1-5H3,(H,40,45)(H,41,47)(H,42,46)(H,43,48)/t23-,24-,27?,28?,29-,30?,31+,32+/m0/s1. The molecule has 0 spiro atoms. The second kappa shape index (κ2) is 16.4. The molecule has 3 fully saturated rings. The molecule has 0 bridgehead atoms. The first-order chi connectivity index (χ1) is 23.9. The largest absolute Gasteiger partial charge is 0.353 e. The minimum absolute atomic E-state index is 0.00451. The van der Waals surface area contributed by atoms with Crippen LogP contribution in [-0.2, 0) is 24.0 Å². The summed E-state index contributed by atoms with van der Waals surface area (Å²) in [6, 6.07) is 15.8. The molecule has 50 heavy (non-hydrogen) atoms. The van der Waals surface area contributed by atoms with Crippen LogP contribution in [0.4, 0.5) is 0 Å². The van der Waals surface area contributed by atoms with E-state index in [0.29, 0.717) is 37.0 Å². The van der Waals surface area contributed by atoms with E-state index >= 15 is 0 Å². The van der Waals surface area contributed by atoms with Crippen LogP contribution in [-0.4, -0.2) is 82.8 Å². The Bertz CT molecular complexity index is 1520. The number of nitrogens with one attached hydrogen (secondary N) is 5. The second-order valence-electron chi connectivity index (χ2n) is 14.6. The summed E-state index contributed by atoms with van der Waals surface area (Å²) in [4.78, 5) is 69.6. The first-order valence-corrected chi connectivity index (χ1v) is 18.9. The fourth-order valence-corrected chi connectivity index (χ4v) is 8.91. The molecule has 6 atom stereocenters. The number of hydrogen-bond acceptors (Lipinski definition) is 7. The van der Waals surface area contributed by atoms with Crippen molar-refractivity contribution >= 4 is 41.3 Å². The van der Waals surface area contributed by atoms with Crippen LogP contribution in [0.25, 0.3) is 0 Å². The lowest BCUT2D eigenvalue weighted by Crippen LogP contribution is -2.58. The molecule has 2 aromatic rings. The zero-order valence-corrected chi connectivity index (χ0v) is 30.6. The van der Waals surface area contributed by atoms with Crippen LogP contribution < -0.4 is 26.6 Å². The highest BCUT2D eigenvalue weighted by Gasteiger charge is 2.55. The van der Waals surface area contributed by atoms with E-state index in [4.69, 9.17) is 0 Å². The van der Waals surface area contributed by atoms with Crippen LogP contribution in [0.2, 0.25) is 0 Å².